The van der Waals surface area contributed by atoms with Gasteiger partial charge in [-0.2, -0.15) is 0 Å². The Hall–Kier alpha value is -4.76. The summed E-state index contributed by atoms with van der Waals surface area (Å²) in [6.07, 6.45) is 13.6. The average molecular weight is 518 g/mol. The van der Waals surface area contributed by atoms with E-state index in [9.17, 15) is 0 Å². The number of anilines is 1. The van der Waals surface area contributed by atoms with E-state index in [1.54, 1.807) is 0 Å². The molecule has 1 atom stereocenters. The fourth-order valence-corrected chi connectivity index (χ4v) is 6.87. The number of hydrogen-bond donors (Lipinski definition) is 1. The van der Waals surface area contributed by atoms with E-state index >= 15 is 0 Å². The Kier molecular flexibility index (Phi) is 5.15. The van der Waals surface area contributed by atoms with Crippen LogP contribution in [0.15, 0.2) is 132 Å². The van der Waals surface area contributed by atoms with Gasteiger partial charge in [-0.05, 0) is 103 Å². The lowest BCUT2D eigenvalue weighted by atomic mass is 9.89. The zero-order chi connectivity index (χ0) is 26.8. The van der Waals surface area contributed by atoms with Crippen LogP contribution in [-0.4, -0.2) is 10.7 Å². The van der Waals surface area contributed by atoms with Gasteiger partial charge in [-0.3, -0.25) is 0 Å². The van der Waals surface area contributed by atoms with E-state index in [1.165, 1.54) is 72.3 Å². The Morgan fingerprint density at radius 3 is 2.52 bits per heavy atom. The topological polar surface area (TPSA) is 20.2 Å². The Bertz CT molecular complexity index is 1960. The maximum Gasteiger partial charge on any atom is 0.123 e. The van der Waals surface area contributed by atoms with Gasteiger partial charge in [-0.1, -0.05) is 60.7 Å². The summed E-state index contributed by atoms with van der Waals surface area (Å²) in [5.41, 5.74) is 12.8. The first-order valence-electron chi connectivity index (χ1n) is 14.2. The molecule has 1 N–H and O–H groups in total. The van der Waals surface area contributed by atoms with Crippen LogP contribution < -0.4 is 10.2 Å². The second-order valence-corrected chi connectivity index (χ2v) is 11.2. The first-order chi connectivity index (χ1) is 19.7. The molecular formula is C37H31N3. The summed E-state index contributed by atoms with van der Waals surface area (Å²) in [4.78, 5) is 2.52. The summed E-state index contributed by atoms with van der Waals surface area (Å²) in [5.74, 6) is 0. The molecule has 40 heavy (non-hydrogen) atoms. The van der Waals surface area contributed by atoms with Gasteiger partial charge in [-0.25, -0.2) is 0 Å². The van der Waals surface area contributed by atoms with Crippen LogP contribution in [0, 0.1) is 0 Å². The van der Waals surface area contributed by atoms with Crippen molar-refractivity contribution in [3.63, 3.8) is 0 Å². The molecule has 0 saturated carbocycles. The number of fused-ring (bicyclic) bond motifs is 6. The van der Waals surface area contributed by atoms with Crippen molar-refractivity contribution in [2.45, 2.75) is 32.9 Å². The molecule has 1 aromatic heterocycles. The van der Waals surface area contributed by atoms with Crippen molar-refractivity contribution in [3.05, 3.63) is 138 Å². The van der Waals surface area contributed by atoms with Gasteiger partial charge in [0.15, 0.2) is 0 Å². The highest BCUT2D eigenvalue weighted by molar-refractivity contribution is 6.01. The normalized spacial score (nSPS) is 18.1. The molecule has 3 nitrogen and oxygen atoms in total. The molecule has 1 unspecified atom stereocenters. The minimum absolute atomic E-state index is 0.0483. The molecule has 1 aliphatic carbocycles. The lowest BCUT2D eigenvalue weighted by Crippen LogP contribution is -2.45. The van der Waals surface area contributed by atoms with Crippen molar-refractivity contribution in [3.8, 4) is 16.8 Å². The van der Waals surface area contributed by atoms with E-state index in [2.05, 4.69) is 144 Å². The predicted molar refractivity (Wildman–Crippen MR) is 168 cm³/mol. The van der Waals surface area contributed by atoms with Crippen molar-refractivity contribution >= 4 is 32.9 Å². The third-order valence-corrected chi connectivity index (χ3v) is 8.56. The molecule has 3 heterocycles. The lowest BCUT2D eigenvalue weighted by molar-refractivity contribution is 0.648. The van der Waals surface area contributed by atoms with Gasteiger partial charge >= 0.3 is 0 Å². The third-order valence-electron chi connectivity index (χ3n) is 8.56. The molecule has 2 aliphatic heterocycles. The van der Waals surface area contributed by atoms with Gasteiger partial charge in [-0.15, -0.1) is 0 Å². The van der Waals surface area contributed by atoms with E-state index in [4.69, 9.17) is 0 Å². The van der Waals surface area contributed by atoms with Crippen LogP contribution in [-0.2, 0) is 0 Å². The Balaban J connectivity index is 1.40. The smallest absolute Gasteiger partial charge is 0.123 e. The van der Waals surface area contributed by atoms with Crippen LogP contribution in [0.1, 0.15) is 32.3 Å². The summed E-state index contributed by atoms with van der Waals surface area (Å²) < 4.78 is 2.37. The summed E-state index contributed by atoms with van der Waals surface area (Å²) in [6.45, 7) is 4.35. The summed E-state index contributed by atoms with van der Waals surface area (Å²) >= 11 is 0. The minimum atomic E-state index is 0.0483. The molecule has 194 valence electrons. The van der Waals surface area contributed by atoms with E-state index in [-0.39, 0.29) is 6.17 Å². The van der Waals surface area contributed by atoms with Crippen molar-refractivity contribution in [1.82, 2.24) is 9.88 Å². The molecule has 0 fully saturated rings. The number of hydrogen-bond acceptors (Lipinski definition) is 2. The first kappa shape index (κ1) is 23.2. The van der Waals surface area contributed by atoms with E-state index in [0.29, 0.717) is 0 Å². The number of dihydropyridines is 1. The SMILES string of the molecule is CC1=CC(N2C3=C(CCC=C3)c3cc4c(ccn4-c4cccc5ccccc45)cc3-c3ccccc32)NC(C)=C1. The van der Waals surface area contributed by atoms with Crippen LogP contribution in [0.5, 0.6) is 0 Å². The van der Waals surface area contributed by atoms with Gasteiger partial charge in [0, 0.05) is 33.9 Å². The number of para-hydroxylation sites is 1. The molecule has 3 heteroatoms. The van der Waals surface area contributed by atoms with Crippen LogP contribution in [0.2, 0.25) is 0 Å². The molecule has 0 bridgehead atoms. The van der Waals surface area contributed by atoms with Gasteiger partial charge in [0.25, 0.3) is 0 Å². The highest BCUT2D eigenvalue weighted by Crippen LogP contribution is 2.47. The lowest BCUT2D eigenvalue weighted by Gasteiger charge is -2.37. The monoisotopic (exact) mass is 517 g/mol. The van der Waals surface area contributed by atoms with Crippen LogP contribution in [0.3, 0.4) is 0 Å². The molecule has 0 amide bonds. The van der Waals surface area contributed by atoms with Crippen molar-refractivity contribution in [2.75, 3.05) is 4.90 Å². The zero-order valence-electron chi connectivity index (χ0n) is 22.9. The van der Waals surface area contributed by atoms with Crippen molar-refractivity contribution in [1.29, 1.82) is 0 Å². The maximum atomic E-state index is 3.76. The fraction of sp³-hybridized carbons (Fsp3) is 0.135. The quantitative estimate of drug-likeness (QED) is 0.252. The second-order valence-electron chi connectivity index (χ2n) is 11.2. The Labute approximate surface area is 235 Å². The average Bonchev–Trinajstić information content (AvgIpc) is 3.34. The van der Waals surface area contributed by atoms with Gasteiger partial charge < -0.3 is 14.8 Å². The first-order valence-corrected chi connectivity index (χ1v) is 14.2. The fourth-order valence-electron chi connectivity index (χ4n) is 6.87. The Morgan fingerprint density at radius 2 is 1.60 bits per heavy atom. The highest BCUT2D eigenvalue weighted by Gasteiger charge is 2.31. The van der Waals surface area contributed by atoms with Gasteiger partial charge in [0.2, 0.25) is 0 Å². The highest BCUT2D eigenvalue weighted by atomic mass is 15.3. The molecule has 8 rings (SSSR count). The van der Waals surface area contributed by atoms with Crippen molar-refractivity contribution < 1.29 is 0 Å². The molecule has 5 aromatic rings. The number of benzene rings is 4. The Morgan fingerprint density at radius 1 is 0.775 bits per heavy atom. The predicted octanol–water partition coefficient (Wildman–Crippen LogP) is 9.11. The van der Waals surface area contributed by atoms with Crippen LogP contribution in [0.4, 0.5) is 5.69 Å². The van der Waals surface area contributed by atoms with E-state index < -0.39 is 0 Å². The number of rotatable bonds is 2. The summed E-state index contributed by atoms with van der Waals surface area (Å²) in [6, 6.07) is 31.3. The third kappa shape index (κ3) is 3.51. The number of allylic oxidation sites excluding steroid dienone is 6. The van der Waals surface area contributed by atoms with Gasteiger partial charge in [0.05, 0.1) is 16.9 Å². The standard InChI is InChI=1S/C37H31N3/c1-24-20-25(2)38-37(21-24)40-34-15-7-5-13-29(34)31-22-27-18-19-39(33-17-9-11-26-10-3-4-12-28(26)33)36(27)23-32(31)30-14-6-8-16-35(30)40/h3-5,7-13,15-23,37-38H,6,14H2,1-2H3. The molecule has 0 saturated heterocycles. The summed E-state index contributed by atoms with van der Waals surface area (Å²) in [7, 11) is 0. The number of nitrogens with zero attached hydrogens (tertiary/aromatic N) is 2. The largest absolute Gasteiger partial charge is 0.365 e. The molecule has 0 spiro atoms. The van der Waals surface area contributed by atoms with Gasteiger partial charge in [0.1, 0.15) is 6.17 Å². The van der Waals surface area contributed by atoms with Crippen LogP contribution >= 0.6 is 0 Å². The minimum Gasteiger partial charge on any atom is -0.365 e. The number of aromatic nitrogens is 1. The molecule has 4 aromatic carbocycles. The molecular weight excluding hydrogens is 486 g/mol. The molecule has 0 radical (unpaired) electrons. The van der Waals surface area contributed by atoms with E-state index in [0.717, 1.165) is 12.8 Å². The maximum absolute atomic E-state index is 3.76. The van der Waals surface area contributed by atoms with Crippen LogP contribution in [0.25, 0.3) is 44.1 Å². The number of nitrogens with one attached hydrogen (secondary N) is 1. The van der Waals surface area contributed by atoms with E-state index in [1.807, 2.05) is 0 Å². The summed E-state index contributed by atoms with van der Waals surface area (Å²) in [5, 5.41) is 7.54. The second kappa shape index (κ2) is 8.89. The molecule has 3 aliphatic rings. The zero-order valence-corrected chi connectivity index (χ0v) is 22.9. The van der Waals surface area contributed by atoms with Crippen molar-refractivity contribution in [2.24, 2.45) is 0 Å².